The Hall–Kier alpha value is -3.89. The Bertz CT molecular complexity index is 1540. The Balaban J connectivity index is 1.36. The summed E-state index contributed by atoms with van der Waals surface area (Å²) in [7, 11) is 3.35. The predicted molar refractivity (Wildman–Crippen MR) is 153 cm³/mol. The highest BCUT2D eigenvalue weighted by molar-refractivity contribution is 6.30. The van der Waals surface area contributed by atoms with Crippen molar-refractivity contribution in [2.45, 2.75) is 45.1 Å². The third-order valence-electron chi connectivity index (χ3n) is 7.36. The van der Waals surface area contributed by atoms with Gasteiger partial charge in [0.15, 0.2) is 0 Å². The van der Waals surface area contributed by atoms with Gasteiger partial charge in [-0.1, -0.05) is 41.4 Å². The van der Waals surface area contributed by atoms with Gasteiger partial charge in [0.05, 0.1) is 36.5 Å². The third-order valence-corrected chi connectivity index (χ3v) is 7.59. The molecular weight excluding hydrogens is 532 g/mol. The molecule has 2 aromatic heterocycles. The summed E-state index contributed by atoms with van der Waals surface area (Å²) in [6, 6.07) is 14.7. The number of amides is 1. The first-order valence-corrected chi connectivity index (χ1v) is 13.8. The second-order valence-corrected chi connectivity index (χ2v) is 10.3. The number of ether oxygens (including phenoxy) is 2. The van der Waals surface area contributed by atoms with Crippen LogP contribution in [0.4, 0.5) is 5.69 Å². The monoisotopic (exact) mass is 564 g/mol. The number of rotatable bonds is 9. The SMILES string of the molecule is CCOc1ccc(Cl)cc1-n1cc([C@H]2CCC[C@@H](C(=O)Nc3c(COC)n(C)n(-c4ccccc4)c3=O)C2)nn1. The molecule has 0 saturated heterocycles. The lowest BCUT2D eigenvalue weighted by molar-refractivity contribution is -0.120. The van der Waals surface area contributed by atoms with Gasteiger partial charge < -0.3 is 14.8 Å². The summed E-state index contributed by atoms with van der Waals surface area (Å²) < 4.78 is 16.0. The maximum atomic E-state index is 13.5. The molecule has 1 amide bonds. The highest BCUT2D eigenvalue weighted by Gasteiger charge is 2.31. The van der Waals surface area contributed by atoms with Gasteiger partial charge in [-0.2, -0.15) is 0 Å². The number of benzene rings is 2. The van der Waals surface area contributed by atoms with E-state index in [9.17, 15) is 9.59 Å². The highest BCUT2D eigenvalue weighted by atomic mass is 35.5. The van der Waals surface area contributed by atoms with E-state index in [1.54, 1.807) is 35.7 Å². The van der Waals surface area contributed by atoms with Gasteiger partial charge in [0, 0.05) is 31.0 Å². The Morgan fingerprint density at radius 3 is 2.73 bits per heavy atom. The summed E-state index contributed by atoms with van der Waals surface area (Å²) in [6.45, 7) is 2.62. The van der Waals surface area contributed by atoms with Crippen LogP contribution in [0, 0.1) is 5.92 Å². The minimum Gasteiger partial charge on any atom is -0.492 e. The number of hydrogen-bond acceptors (Lipinski definition) is 6. The van der Waals surface area contributed by atoms with Crippen molar-refractivity contribution >= 4 is 23.2 Å². The van der Waals surface area contributed by atoms with Gasteiger partial charge in [-0.15, -0.1) is 5.10 Å². The number of nitrogens with one attached hydrogen (secondary N) is 1. The largest absolute Gasteiger partial charge is 0.492 e. The van der Waals surface area contributed by atoms with Crippen LogP contribution in [-0.2, 0) is 23.2 Å². The summed E-state index contributed by atoms with van der Waals surface area (Å²) in [5.74, 6) is 0.281. The molecule has 0 bridgehead atoms. The second kappa shape index (κ2) is 12.1. The maximum Gasteiger partial charge on any atom is 0.295 e. The first-order valence-electron chi connectivity index (χ1n) is 13.4. The molecule has 0 aliphatic heterocycles. The lowest BCUT2D eigenvalue weighted by atomic mass is 9.79. The number of para-hydroxylation sites is 1. The van der Waals surface area contributed by atoms with Crippen LogP contribution < -0.4 is 15.6 Å². The van der Waals surface area contributed by atoms with Gasteiger partial charge in [-0.3, -0.25) is 14.3 Å². The van der Waals surface area contributed by atoms with E-state index in [1.165, 1.54) is 4.68 Å². The van der Waals surface area contributed by atoms with Crippen LogP contribution in [0.25, 0.3) is 11.4 Å². The van der Waals surface area contributed by atoms with Crippen LogP contribution in [0.5, 0.6) is 5.75 Å². The Kier molecular flexibility index (Phi) is 8.37. The van der Waals surface area contributed by atoms with E-state index in [4.69, 9.17) is 21.1 Å². The molecule has 5 rings (SSSR count). The van der Waals surface area contributed by atoms with Crippen molar-refractivity contribution in [3.05, 3.63) is 81.5 Å². The summed E-state index contributed by atoms with van der Waals surface area (Å²) in [6.07, 6.45) is 4.99. The summed E-state index contributed by atoms with van der Waals surface area (Å²) in [5, 5.41) is 12.3. The normalized spacial score (nSPS) is 17.1. The van der Waals surface area contributed by atoms with Crippen LogP contribution in [0.3, 0.4) is 0 Å². The molecule has 2 heterocycles. The van der Waals surface area contributed by atoms with Crippen molar-refractivity contribution in [2.24, 2.45) is 13.0 Å². The number of hydrogen-bond donors (Lipinski definition) is 1. The quantitative estimate of drug-likeness (QED) is 0.311. The van der Waals surface area contributed by atoms with Crippen LogP contribution in [0.2, 0.25) is 5.02 Å². The molecule has 1 aliphatic carbocycles. The molecule has 4 aromatic rings. The first kappa shape index (κ1) is 27.7. The molecule has 0 unspecified atom stereocenters. The van der Waals surface area contributed by atoms with Crippen molar-refractivity contribution in [1.29, 1.82) is 0 Å². The zero-order valence-corrected chi connectivity index (χ0v) is 23.6. The summed E-state index contributed by atoms with van der Waals surface area (Å²) in [5.41, 5.74) is 2.79. The van der Waals surface area contributed by atoms with Gasteiger partial charge >= 0.3 is 0 Å². The molecule has 1 N–H and O–H groups in total. The fraction of sp³-hybridized carbons (Fsp3) is 0.379. The number of methoxy groups -OCH3 is 1. The van der Waals surface area contributed by atoms with E-state index in [0.29, 0.717) is 40.9 Å². The van der Waals surface area contributed by atoms with E-state index in [2.05, 4.69) is 15.6 Å². The minimum atomic E-state index is -0.295. The number of halogens is 1. The van der Waals surface area contributed by atoms with E-state index in [-0.39, 0.29) is 35.6 Å². The lowest BCUT2D eigenvalue weighted by Crippen LogP contribution is -2.30. The lowest BCUT2D eigenvalue weighted by Gasteiger charge is -2.27. The smallest absolute Gasteiger partial charge is 0.295 e. The fourth-order valence-electron chi connectivity index (χ4n) is 5.39. The van der Waals surface area contributed by atoms with E-state index in [0.717, 1.165) is 25.0 Å². The summed E-state index contributed by atoms with van der Waals surface area (Å²) >= 11 is 6.24. The number of aromatic nitrogens is 5. The molecule has 10 nitrogen and oxygen atoms in total. The zero-order valence-electron chi connectivity index (χ0n) is 22.8. The van der Waals surface area contributed by atoms with Gasteiger partial charge in [0.1, 0.15) is 17.1 Å². The van der Waals surface area contributed by atoms with Gasteiger partial charge in [0.2, 0.25) is 5.91 Å². The Morgan fingerprint density at radius 2 is 1.98 bits per heavy atom. The molecule has 0 spiro atoms. The van der Waals surface area contributed by atoms with Gasteiger partial charge in [-0.25, -0.2) is 9.36 Å². The number of nitrogens with zero attached hydrogens (tertiary/aromatic N) is 5. The van der Waals surface area contributed by atoms with Gasteiger partial charge in [0.25, 0.3) is 5.56 Å². The van der Waals surface area contributed by atoms with Gasteiger partial charge in [-0.05, 0) is 56.5 Å². The third kappa shape index (κ3) is 5.55. The highest BCUT2D eigenvalue weighted by Crippen LogP contribution is 2.37. The average Bonchev–Trinajstić information content (AvgIpc) is 3.54. The number of carbonyl (C=O) groups excluding carboxylic acids is 1. The van der Waals surface area contributed by atoms with Crippen LogP contribution in [0.1, 0.15) is 49.9 Å². The molecule has 11 heteroatoms. The number of anilines is 1. The maximum absolute atomic E-state index is 13.5. The molecule has 40 heavy (non-hydrogen) atoms. The van der Waals surface area contributed by atoms with Crippen LogP contribution in [0.15, 0.2) is 59.5 Å². The molecular formula is C29H33ClN6O4. The first-order chi connectivity index (χ1) is 19.4. The molecule has 2 aromatic carbocycles. The van der Waals surface area contributed by atoms with E-state index < -0.39 is 0 Å². The standard InChI is InChI=1S/C29H33ClN6O4/c1-4-40-26-14-13-21(30)16-24(26)35-17-23(32-33-35)19-9-8-10-20(15-19)28(37)31-27-25(18-39-3)34(2)36(29(27)38)22-11-6-5-7-12-22/h5-7,11-14,16-17,19-20H,4,8-10,15,18H2,1-3H3,(H,31,37)/t19-,20+/m0/s1. The molecule has 1 fully saturated rings. The molecule has 210 valence electrons. The Labute approximate surface area is 237 Å². The minimum absolute atomic E-state index is 0.0585. The molecule has 1 saturated carbocycles. The van der Waals surface area contributed by atoms with E-state index in [1.807, 2.05) is 49.5 Å². The topological polar surface area (TPSA) is 105 Å². The Morgan fingerprint density at radius 1 is 1.18 bits per heavy atom. The number of carbonyl (C=O) groups is 1. The van der Waals surface area contributed by atoms with Crippen molar-refractivity contribution in [2.75, 3.05) is 19.0 Å². The molecule has 1 aliphatic rings. The van der Waals surface area contributed by atoms with Crippen molar-refractivity contribution in [3.63, 3.8) is 0 Å². The second-order valence-electron chi connectivity index (χ2n) is 9.91. The van der Waals surface area contributed by atoms with Crippen LogP contribution in [-0.4, -0.2) is 44.0 Å². The van der Waals surface area contributed by atoms with E-state index >= 15 is 0 Å². The predicted octanol–water partition coefficient (Wildman–Crippen LogP) is 4.87. The van der Waals surface area contributed by atoms with Crippen molar-refractivity contribution < 1.29 is 14.3 Å². The fourth-order valence-corrected chi connectivity index (χ4v) is 5.55. The average molecular weight is 565 g/mol. The molecule has 2 atom stereocenters. The van der Waals surface area contributed by atoms with Crippen molar-refractivity contribution in [1.82, 2.24) is 24.4 Å². The van der Waals surface area contributed by atoms with Crippen LogP contribution >= 0.6 is 11.6 Å². The summed E-state index contributed by atoms with van der Waals surface area (Å²) in [4.78, 5) is 27.0. The molecule has 0 radical (unpaired) electrons. The zero-order chi connectivity index (χ0) is 28.2. The van der Waals surface area contributed by atoms with Crippen molar-refractivity contribution in [3.8, 4) is 17.1 Å².